The van der Waals surface area contributed by atoms with E-state index >= 15 is 0 Å². The van der Waals surface area contributed by atoms with Gasteiger partial charge in [-0.3, -0.25) is 9.59 Å². The second kappa shape index (κ2) is 10.3. The van der Waals surface area contributed by atoms with Gasteiger partial charge in [-0.1, -0.05) is 32.9 Å². The number of aldehydes is 2. The fraction of sp³-hybridized carbons (Fsp3) is 0.333. The van der Waals surface area contributed by atoms with Crippen LogP contribution < -0.4 is 5.32 Å². The Morgan fingerprint density at radius 2 is 1.67 bits per heavy atom. The quantitative estimate of drug-likeness (QED) is 0.363. The van der Waals surface area contributed by atoms with Crippen LogP contribution in [0.5, 0.6) is 0 Å². The summed E-state index contributed by atoms with van der Waals surface area (Å²) in [5, 5.41) is 3.24. The van der Waals surface area contributed by atoms with Crippen molar-refractivity contribution in [3.05, 3.63) is 35.4 Å². The SMILES string of the molecule is CC.CCCNc1ccc(C=C(C=O)C=O)cc1. The molecule has 0 bridgehead atoms. The average Bonchev–Trinajstić information content (AvgIpc) is 2.46. The third-order valence-electron chi connectivity index (χ3n) is 2.10. The smallest absolute Gasteiger partial charge is 0.153 e. The van der Waals surface area contributed by atoms with Gasteiger partial charge in [-0.15, -0.1) is 0 Å². The van der Waals surface area contributed by atoms with Gasteiger partial charge >= 0.3 is 0 Å². The molecule has 3 nitrogen and oxygen atoms in total. The molecule has 1 aromatic rings. The minimum absolute atomic E-state index is 0.147. The first-order valence-corrected chi connectivity index (χ1v) is 6.26. The molecule has 18 heavy (non-hydrogen) atoms. The average molecular weight is 247 g/mol. The van der Waals surface area contributed by atoms with Crippen LogP contribution in [0.1, 0.15) is 32.8 Å². The van der Waals surface area contributed by atoms with Crippen molar-refractivity contribution in [2.24, 2.45) is 0 Å². The fourth-order valence-electron chi connectivity index (χ4n) is 1.25. The normalized spacial score (nSPS) is 8.61. The molecule has 0 radical (unpaired) electrons. The number of carbonyl (C=O) groups excluding carboxylic acids is 2. The zero-order valence-corrected chi connectivity index (χ0v) is 11.3. The van der Waals surface area contributed by atoms with Crippen molar-refractivity contribution in [2.75, 3.05) is 11.9 Å². The Morgan fingerprint density at radius 3 is 2.11 bits per heavy atom. The molecule has 98 valence electrons. The van der Waals surface area contributed by atoms with Gasteiger partial charge in [-0.25, -0.2) is 0 Å². The minimum Gasteiger partial charge on any atom is -0.385 e. The van der Waals surface area contributed by atoms with Crippen LogP contribution in [0.4, 0.5) is 5.69 Å². The summed E-state index contributed by atoms with van der Waals surface area (Å²) < 4.78 is 0. The highest BCUT2D eigenvalue weighted by Crippen LogP contribution is 2.11. The Bertz CT molecular complexity index is 370. The lowest BCUT2D eigenvalue weighted by molar-refractivity contribution is -0.109. The van der Waals surface area contributed by atoms with E-state index in [9.17, 15) is 9.59 Å². The lowest BCUT2D eigenvalue weighted by Gasteiger charge is -2.04. The van der Waals surface area contributed by atoms with E-state index in [0.717, 1.165) is 24.2 Å². The van der Waals surface area contributed by atoms with Gasteiger partial charge in [0.1, 0.15) is 0 Å². The van der Waals surface area contributed by atoms with Crippen molar-refractivity contribution >= 4 is 24.3 Å². The van der Waals surface area contributed by atoms with Crippen LogP contribution in [0.25, 0.3) is 6.08 Å². The summed E-state index contributed by atoms with van der Waals surface area (Å²) in [4.78, 5) is 20.9. The van der Waals surface area contributed by atoms with Gasteiger partial charge in [0.15, 0.2) is 12.6 Å². The first-order valence-electron chi connectivity index (χ1n) is 6.26. The third kappa shape index (κ3) is 5.99. The molecule has 0 spiro atoms. The zero-order chi connectivity index (χ0) is 13.8. The molecular weight excluding hydrogens is 226 g/mol. The first kappa shape index (κ1) is 16.1. The van der Waals surface area contributed by atoms with E-state index in [1.54, 1.807) is 6.08 Å². The van der Waals surface area contributed by atoms with Crippen molar-refractivity contribution < 1.29 is 9.59 Å². The lowest BCUT2D eigenvalue weighted by atomic mass is 10.1. The van der Waals surface area contributed by atoms with Gasteiger partial charge in [-0.05, 0) is 30.2 Å². The van der Waals surface area contributed by atoms with Crippen LogP contribution in [-0.2, 0) is 9.59 Å². The van der Waals surface area contributed by atoms with Crippen LogP contribution in [0.2, 0.25) is 0 Å². The summed E-state index contributed by atoms with van der Waals surface area (Å²) in [6.45, 7) is 7.04. The van der Waals surface area contributed by atoms with E-state index in [0.29, 0.717) is 12.6 Å². The van der Waals surface area contributed by atoms with Gasteiger partial charge in [0.2, 0.25) is 0 Å². The molecule has 0 atom stereocenters. The summed E-state index contributed by atoms with van der Waals surface area (Å²) in [7, 11) is 0. The van der Waals surface area contributed by atoms with Crippen LogP contribution in [0, 0.1) is 0 Å². The first-order chi connectivity index (χ1) is 8.80. The molecule has 0 aliphatic carbocycles. The van der Waals surface area contributed by atoms with Gasteiger partial charge in [0, 0.05) is 12.2 Å². The molecule has 0 aliphatic rings. The van der Waals surface area contributed by atoms with Crippen molar-refractivity contribution in [3.63, 3.8) is 0 Å². The predicted octanol–water partition coefficient (Wildman–Crippen LogP) is 3.32. The Kier molecular flexibility index (Phi) is 9.18. The topological polar surface area (TPSA) is 46.2 Å². The van der Waals surface area contributed by atoms with Crippen LogP contribution >= 0.6 is 0 Å². The van der Waals surface area contributed by atoms with Gasteiger partial charge < -0.3 is 5.32 Å². The maximum atomic E-state index is 10.4. The van der Waals surface area contributed by atoms with Crippen molar-refractivity contribution in [1.82, 2.24) is 0 Å². The summed E-state index contributed by atoms with van der Waals surface area (Å²) >= 11 is 0. The maximum absolute atomic E-state index is 10.4. The summed E-state index contributed by atoms with van der Waals surface area (Å²) in [5.41, 5.74) is 2.03. The van der Waals surface area contributed by atoms with Crippen LogP contribution in [0.3, 0.4) is 0 Å². The monoisotopic (exact) mass is 247 g/mol. The summed E-state index contributed by atoms with van der Waals surface area (Å²) in [6, 6.07) is 7.58. The number of nitrogens with one attached hydrogen (secondary N) is 1. The third-order valence-corrected chi connectivity index (χ3v) is 2.10. The molecule has 1 N–H and O–H groups in total. The largest absolute Gasteiger partial charge is 0.385 e. The van der Waals surface area contributed by atoms with Crippen LogP contribution in [0.15, 0.2) is 29.8 Å². The summed E-state index contributed by atoms with van der Waals surface area (Å²) in [6.07, 6.45) is 3.73. The van der Waals surface area contributed by atoms with E-state index in [2.05, 4.69) is 12.2 Å². The molecule has 3 heteroatoms. The minimum atomic E-state index is 0.147. The zero-order valence-electron chi connectivity index (χ0n) is 11.3. The standard InChI is InChI=1S/C13H15NO2.C2H6/c1-2-7-14-13-5-3-11(4-6-13)8-12(9-15)10-16;1-2/h3-6,8-10,14H,2,7H2,1H3;1-2H3. The molecule has 1 aromatic carbocycles. The van der Waals surface area contributed by atoms with E-state index < -0.39 is 0 Å². The highest BCUT2D eigenvalue weighted by molar-refractivity contribution is 6.04. The van der Waals surface area contributed by atoms with E-state index in [-0.39, 0.29) is 5.57 Å². The molecule has 0 fully saturated rings. The highest BCUT2D eigenvalue weighted by atomic mass is 16.1. The number of allylic oxidation sites excluding steroid dienone is 1. The molecule has 0 aromatic heterocycles. The molecule has 0 aliphatic heterocycles. The molecule has 0 saturated heterocycles. The van der Waals surface area contributed by atoms with E-state index in [1.807, 2.05) is 38.1 Å². The second-order valence-electron chi connectivity index (χ2n) is 3.43. The van der Waals surface area contributed by atoms with Crippen molar-refractivity contribution in [3.8, 4) is 0 Å². The van der Waals surface area contributed by atoms with Gasteiger partial charge in [0.05, 0.1) is 5.57 Å². The van der Waals surface area contributed by atoms with E-state index in [1.165, 1.54) is 0 Å². The summed E-state index contributed by atoms with van der Waals surface area (Å²) in [5.74, 6) is 0. The number of carbonyl (C=O) groups is 2. The van der Waals surface area contributed by atoms with Crippen molar-refractivity contribution in [1.29, 1.82) is 0 Å². The number of anilines is 1. The molecule has 1 rings (SSSR count). The molecule has 0 heterocycles. The van der Waals surface area contributed by atoms with Gasteiger partial charge in [0.25, 0.3) is 0 Å². The Morgan fingerprint density at radius 1 is 1.11 bits per heavy atom. The number of hydrogen-bond donors (Lipinski definition) is 1. The number of hydrogen-bond acceptors (Lipinski definition) is 3. The molecule has 0 unspecified atom stereocenters. The molecular formula is C15H21NO2. The van der Waals surface area contributed by atoms with Crippen molar-refractivity contribution in [2.45, 2.75) is 27.2 Å². The van der Waals surface area contributed by atoms with Crippen LogP contribution in [-0.4, -0.2) is 19.1 Å². The second-order valence-corrected chi connectivity index (χ2v) is 3.43. The Labute approximate surface area is 109 Å². The number of benzene rings is 1. The lowest BCUT2D eigenvalue weighted by Crippen LogP contribution is -1.98. The molecule has 0 saturated carbocycles. The van der Waals surface area contributed by atoms with Gasteiger partial charge in [-0.2, -0.15) is 0 Å². The Hall–Kier alpha value is -1.90. The molecule has 0 amide bonds. The maximum Gasteiger partial charge on any atom is 0.153 e. The number of rotatable bonds is 6. The highest BCUT2D eigenvalue weighted by Gasteiger charge is 1.94. The van der Waals surface area contributed by atoms with E-state index in [4.69, 9.17) is 0 Å². The predicted molar refractivity (Wildman–Crippen MR) is 76.7 cm³/mol. The fourth-order valence-corrected chi connectivity index (χ4v) is 1.25. The Balaban J connectivity index is 0.00000137.